The normalized spacial score (nSPS) is 10.8. The molecule has 0 amide bonds. The fourth-order valence-electron chi connectivity index (χ4n) is 1.90. The number of nitrogens with zero attached hydrogens (tertiary/aromatic N) is 2. The van der Waals surface area contributed by atoms with Gasteiger partial charge in [-0.05, 0) is 18.6 Å². The zero-order valence-electron chi connectivity index (χ0n) is 12.1. The molecule has 0 aliphatic carbocycles. The van der Waals surface area contributed by atoms with E-state index in [1.54, 1.807) is 0 Å². The van der Waals surface area contributed by atoms with Gasteiger partial charge >= 0.3 is 0 Å². The van der Waals surface area contributed by atoms with Gasteiger partial charge in [0.15, 0.2) is 0 Å². The van der Waals surface area contributed by atoms with Crippen molar-refractivity contribution in [2.45, 2.75) is 26.3 Å². The van der Waals surface area contributed by atoms with Gasteiger partial charge in [-0.3, -0.25) is 0 Å². The van der Waals surface area contributed by atoms with Crippen molar-refractivity contribution in [1.82, 2.24) is 15.1 Å². The van der Waals surface area contributed by atoms with Crippen LogP contribution in [0.25, 0.3) is 5.69 Å². The lowest BCUT2D eigenvalue weighted by Gasteiger charge is -2.04. The second-order valence-electron chi connectivity index (χ2n) is 4.77. The maximum Gasteiger partial charge on any atom is 0.0645 e. The summed E-state index contributed by atoms with van der Waals surface area (Å²) in [5.41, 5.74) is 2.27. The molecule has 1 N–H and O–H groups in total. The molecule has 0 bridgehead atoms. The molecule has 2 aromatic rings. The number of ether oxygens (including phenoxy) is 1. The smallest absolute Gasteiger partial charge is 0.0645 e. The van der Waals surface area contributed by atoms with Crippen LogP contribution >= 0.6 is 0 Å². The van der Waals surface area contributed by atoms with Crippen molar-refractivity contribution in [3.8, 4) is 5.69 Å². The van der Waals surface area contributed by atoms with E-state index in [2.05, 4.69) is 23.5 Å². The topological polar surface area (TPSA) is 39.1 Å². The number of nitrogens with one attached hydrogen (secondary N) is 1. The number of hydrogen-bond donors (Lipinski definition) is 1. The fourth-order valence-corrected chi connectivity index (χ4v) is 1.90. The third-order valence-corrected chi connectivity index (χ3v) is 3.05. The third kappa shape index (κ3) is 4.79. The van der Waals surface area contributed by atoms with Crippen LogP contribution in [0.3, 0.4) is 0 Å². The summed E-state index contributed by atoms with van der Waals surface area (Å²) in [5, 5.41) is 7.74. The summed E-state index contributed by atoms with van der Waals surface area (Å²) in [7, 11) is 0. The summed E-state index contributed by atoms with van der Waals surface area (Å²) in [5.74, 6) is 0. The molecule has 1 heterocycles. The van der Waals surface area contributed by atoms with Crippen molar-refractivity contribution in [3.63, 3.8) is 0 Å². The molecule has 0 atom stereocenters. The number of aromatic nitrogens is 2. The van der Waals surface area contributed by atoms with Crippen molar-refractivity contribution in [3.05, 3.63) is 48.3 Å². The molecule has 2 rings (SSSR count). The van der Waals surface area contributed by atoms with Crippen LogP contribution in [0.2, 0.25) is 0 Å². The first-order valence-corrected chi connectivity index (χ1v) is 7.27. The Kier molecular flexibility index (Phi) is 6.27. The molecular formula is C16H23N3O. The van der Waals surface area contributed by atoms with Gasteiger partial charge in [0.05, 0.1) is 18.5 Å². The molecule has 0 saturated carbocycles. The number of para-hydroxylation sites is 1. The van der Waals surface area contributed by atoms with Crippen LogP contribution in [-0.4, -0.2) is 29.5 Å². The van der Waals surface area contributed by atoms with Crippen LogP contribution in [0.5, 0.6) is 0 Å². The lowest BCUT2D eigenvalue weighted by Crippen LogP contribution is -2.19. The van der Waals surface area contributed by atoms with Crippen LogP contribution in [0.15, 0.2) is 42.7 Å². The van der Waals surface area contributed by atoms with Crippen molar-refractivity contribution in [2.75, 3.05) is 19.8 Å². The Morgan fingerprint density at radius 2 is 2.05 bits per heavy atom. The quantitative estimate of drug-likeness (QED) is 0.714. The Bertz CT molecular complexity index is 481. The molecular weight excluding hydrogens is 250 g/mol. The van der Waals surface area contributed by atoms with Gasteiger partial charge in [0, 0.05) is 31.5 Å². The van der Waals surface area contributed by atoms with Gasteiger partial charge in [-0.15, -0.1) is 0 Å². The highest BCUT2D eigenvalue weighted by Crippen LogP contribution is 2.07. The maximum absolute atomic E-state index is 5.50. The van der Waals surface area contributed by atoms with Gasteiger partial charge in [-0.25, -0.2) is 4.68 Å². The number of benzene rings is 1. The van der Waals surface area contributed by atoms with Crippen molar-refractivity contribution in [1.29, 1.82) is 0 Å². The zero-order valence-corrected chi connectivity index (χ0v) is 12.1. The van der Waals surface area contributed by atoms with Crippen LogP contribution in [0, 0.1) is 0 Å². The van der Waals surface area contributed by atoms with E-state index in [4.69, 9.17) is 4.74 Å². The van der Waals surface area contributed by atoms with Gasteiger partial charge in [-0.1, -0.05) is 31.5 Å². The predicted molar refractivity (Wildman–Crippen MR) is 81.0 cm³/mol. The van der Waals surface area contributed by atoms with Gasteiger partial charge in [0.25, 0.3) is 0 Å². The number of rotatable bonds is 9. The fraction of sp³-hybridized carbons (Fsp3) is 0.438. The minimum atomic E-state index is 0.771. The second-order valence-corrected chi connectivity index (χ2v) is 4.77. The Balaban J connectivity index is 1.69. The highest BCUT2D eigenvalue weighted by atomic mass is 16.5. The Morgan fingerprint density at radius 3 is 2.85 bits per heavy atom. The second kappa shape index (κ2) is 8.51. The minimum Gasteiger partial charge on any atom is -0.380 e. The minimum absolute atomic E-state index is 0.771. The van der Waals surface area contributed by atoms with Crippen molar-refractivity contribution >= 4 is 0 Å². The Morgan fingerprint density at radius 1 is 1.20 bits per heavy atom. The summed E-state index contributed by atoms with van der Waals surface area (Å²) in [6, 6.07) is 10.1. The summed E-state index contributed by atoms with van der Waals surface area (Å²) < 4.78 is 7.40. The first-order valence-electron chi connectivity index (χ1n) is 7.27. The molecule has 0 aliphatic rings. The Hall–Kier alpha value is -1.65. The standard InChI is InChI=1S/C16H23N3O/c1-2-3-10-20-11-9-17-12-15-13-18-19(14-15)16-7-5-4-6-8-16/h4-8,13-14,17H,2-3,9-12H2,1H3. The van der Waals surface area contributed by atoms with E-state index < -0.39 is 0 Å². The monoisotopic (exact) mass is 273 g/mol. The molecule has 1 aromatic heterocycles. The van der Waals surface area contributed by atoms with Crippen LogP contribution in [0.4, 0.5) is 0 Å². The first-order chi connectivity index (χ1) is 9.90. The molecule has 0 unspecified atom stereocenters. The van der Waals surface area contributed by atoms with Gasteiger partial charge in [0.2, 0.25) is 0 Å². The van der Waals surface area contributed by atoms with E-state index in [-0.39, 0.29) is 0 Å². The van der Waals surface area contributed by atoms with E-state index >= 15 is 0 Å². The summed E-state index contributed by atoms with van der Waals surface area (Å²) >= 11 is 0. The summed E-state index contributed by atoms with van der Waals surface area (Å²) in [6.45, 7) is 5.51. The molecule has 1 aromatic carbocycles. The SMILES string of the molecule is CCCCOCCNCc1cnn(-c2ccccc2)c1. The molecule has 0 saturated heterocycles. The van der Waals surface area contributed by atoms with Crippen molar-refractivity contribution < 1.29 is 4.74 Å². The first kappa shape index (κ1) is 14.8. The molecule has 0 spiro atoms. The van der Waals surface area contributed by atoms with E-state index in [9.17, 15) is 0 Å². The molecule has 20 heavy (non-hydrogen) atoms. The maximum atomic E-state index is 5.50. The van der Waals surface area contributed by atoms with Crippen LogP contribution in [-0.2, 0) is 11.3 Å². The van der Waals surface area contributed by atoms with Gasteiger partial charge in [-0.2, -0.15) is 5.10 Å². The lowest BCUT2D eigenvalue weighted by atomic mass is 10.3. The molecule has 0 fully saturated rings. The molecule has 0 aliphatic heterocycles. The van der Waals surface area contributed by atoms with E-state index in [1.807, 2.05) is 41.2 Å². The Labute approximate surface area is 120 Å². The molecule has 108 valence electrons. The summed E-state index contributed by atoms with van der Waals surface area (Å²) in [4.78, 5) is 0. The molecule has 4 nitrogen and oxygen atoms in total. The average molecular weight is 273 g/mol. The molecule has 4 heteroatoms. The zero-order chi connectivity index (χ0) is 14.0. The summed E-state index contributed by atoms with van der Waals surface area (Å²) in [6.07, 6.45) is 6.29. The van der Waals surface area contributed by atoms with Gasteiger partial charge in [0.1, 0.15) is 0 Å². The third-order valence-electron chi connectivity index (χ3n) is 3.05. The van der Waals surface area contributed by atoms with Crippen molar-refractivity contribution in [2.24, 2.45) is 0 Å². The predicted octanol–water partition coefficient (Wildman–Crippen LogP) is 2.78. The van der Waals surface area contributed by atoms with E-state index in [1.165, 1.54) is 12.0 Å². The largest absolute Gasteiger partial charge is 0.380 e. The van der Waals surface area contributed by atoms with E-state index in [0.29, 0.717) is 0 Å². The highest BCUT2D eigenvalue weighted by Gasteiger charge is 2.00. The van der Waals surface area contributed by atoms with Gasteiger partial charge < -0.3 is 10.1 Å². The lowest BCUT2D eigenvalue weighted by molar-refractivity contribution is 0.133. The average Bonchev–Trinajstić information content (AvgIpc) is 2.96. The molecule has 0 radical (unpaired) electrons. The highest BCUT2D eigenvalue weighted by molar-refractivity contribution is 5.30. The van der Waals surface area contributed by atoms with E-state index in [0.717, 1.165) is 38.4 Å². The number of hydrogen-bond acceptors (Lipinski definition) is 3. The van der Waals surface area contributed by atoms with Crippen LogP contribution in [0.1, 0.15) is 25.3 Å². The number of unbranched alkanes of at least 4 members (excludes halogenated alkanes) is 1. The van der Waals surface area contributed by atoms with Crippen LogP contribution < -0.4 is 5.32 Å².